The van der Waals surface area contributed by atoms with Crippen LogP contribution in [-0.4, -0.2) is 12.9 Å². The molecule has 0 aliphatic heterocycles. The molecule has 0 fully saturated rings. The average molecular weight is 280 g/mol. The van der Waals surface area contributed by atoms with Crippen LogP contribution in [0.2, 0.25) is 0 Å². The molecule has 0 amide bonds. The van der Waals surface area contributed by atoms with E-state index in [0.29, 0.717) is 5.56 Å². The van der Waals surface area contributed by atoms with Gasteiger partial charge in [0.25, 0.3) is 0 Å². The van der Waals surface area contributed by atoms with Crippen molar-refractivity contribution in [3.05, 3.63) is 77.6 Å². The Hall–Kier alpha value is -2.68. The van der Waals surface area contributed by atoms with E-state index in [0.717, 1.165) is 10.8 Å². The molecule has 0 radical (unpaired) electrons. The Morgan fingerprint density at radius 3 is 2.48 bits per heavy atom. The third-order valence-electron chi connectivity index (χ3n) is 3.43. The van der Waals surface area contributed by atoms with Crippen LogP contribution in [0.3, 0.4) is 0 Å². The van der Waals surface area contributed by atoms with Crippen molar-refractivity contribution in [3.63, 3.8) is 0 Å². The zero-order valence-electron chi connectivity index (χ0n) is 11.5. The van der Waals surface area contributed by atoms with E-state index in [2.05, 4.69) is 0 Å². The van der Waals surface area contributed by atoms with Crippen LogP contribution in [0, 0.1) is 5.82 Å². The summed E-state index contributed by atoms with van der Waals surface area (Å²) in [6.45, 7) is 0. The van der Waals surface area contributed by atoms with E-state index in [1.807, 2.05) is 30.3 Å². The molecule has 0 aliphatic carbocycles. The normalized spacial score (nSPS) is 10.6. The number of benzene rings is 3. The lowest BCUT2D eigenvalue weighted by atomic mass is 9.99. The summed E-state index contributed by atoms with van der Waals surface area (Å²) in [6, 6.07) is 17.4. The molecule has 0 aromatic heterocycles. The lowest BCUT2D eigenvalue weighted by Gasteiger charge is -2.09. The Labute approximate surface area is 121 Å². The second-order valence-electron chi connectivity index (χ2n) is 4.71. The molecule has 3 heteroatoms. The molecule has 0 bridgehead atoms. The molecule has 0 atom stereocenters. The van der Waals surface area contributed by atoms with Gasteiger partial charge in [-0.25, -0.2) is 4.39 Å². The fourth-order valence-corrected chi connectivity index (χ4v) is 2.37. The molecule has 0 spiro atoms. The summed E-state index contributed by atoms with van der Waals surface area (Å²) in [6.07, 6.45) is 0. The predicted molar refractivity (Wildman–Crippen MR) is 80.3 cm³/mol. The van der Waals surface area contributed by atoms with Gasteiger partial charge >= 0.3 is 0 Å². The largest absolute Gasteiger partial charge is 0.496 e. The number of ketones is 1. The molecule has 0 N–H and O–H groups in total. The fraction of sp³-hybridized carbons (Fsp3) is 0.0556. The summed E-state index contributed by atoms with van der Waals surface area (Å²) < 4.78 is 19.1. The molecule has 104 valence electrons. The minimum absolute atomic E-state index is 0.0321. The van der Waals surface area contributed by atoms with E-state index in [1.54, 1.807) is 18.2 Å². The number of hydrogen-bond donors (Lipinski definition) is 0. The average Bonchev–Trinajstić information content (AvgIpc) is 2.53. The fourth-order valence-electron chi connectivity index (χ4n) is 2.37. The first-order valence-electron chi connectivity index (χ1n) is 6.56. The van der Waals surface area contributed by atoms with Crippen molar-refractivity contribution in [1.29, 1.82) is 0 Å². The highest BCUT2D eigenvalue weighted by atomic mass is 19.1. The minimum atomic E-state index is -0.576. The number of fused-ring (bicyclic) bond motifs is 1. The van der Waals surface area contributed by atoms with E-state index in [4.69, 9.17) is 4.74 Å². The highest BCUT2D eigenvalue weighted by Gasteiger charge is 2.19. The first kappa shape index (κ1) is 13.3. The van der Waals surface area contributed by atoms with Gasteiger partial charge in [0.1, 0.15) is 17.1 Å². The maximum atomic E-state index is 14.0. The molecular formula is C18H13FO2. The van der Waals surface area contributed by atoms with Crippen molar-refractivity contribution in [2.24, 2.45) is 0 Å². The van der Waals surface area contributed by atoms with E-state index in [9.17, 15) is 9.18 Å². The second-order valence-corrected chi connectivity index (χ2v) is 4.71. The van der Waals surface area contributed by atoms with E-state index in [1.165, 1.54) is 19.2 Å². The molecule has 3 aromatic rings. The Kier molecular flexibility index (Phi) is 3.40. The Balaban J connectivity index is 2.12. The maximum Gasteiger partial charge on any atom is 0.199 e. The highest BCUT2D eigenvalue weighted by molar-refractivity contribution is 6.12. The second kappa shape index (κ2) is 5.37. The van der Waals surface area contributed by atoms with E-state index < -0.39 is 5.82 Å². The molecule has 0 heterocycles. The van der Waals surface area contributed by atoms with Gasteiger partial charge in [0.2, 0.25) is 0 Å². The van der Waals surface area contributed by atoms with Crippen molar-refractivity contribution >= 4 is 16.6 Å². The van der Waals surface area contributed by atoms with Gasteiger partial charge < -0.3 is 4.74 Å². The van der Waals surface area contributed by atoms with Crippen LogP contribution >= 0.6 is 0 Å². The maximum absolute atomic E-state index is 14.0. The molecule has 3 rings (SSSR count). The molecule has 2 nitrogen and oxygen atoms in total. The van der Waals surface area contributed by atoms with Crippen LogP contribution in [0.15, 0.2) is 60.7 Å². The number of ether oxygens (including phenoxy) is 1. The van der Waals surface area contributed by atoms with Gasteiger partial charge in [-0.05, 0) is 29.0 Å². The number of hydrogen-bond acceptors (Lipinski definition) is 2. The molecular weight excluding hydrogens is 267 g/mol. The summed E-state index contributed by atoms with van der Waals surface area (Å²) in [7, 11) is 1.42. The minimum Gasteiger partial charge on any atom is -0.496 e. The van der Waals surface area contributed by atoms with Gasteiger partial charge in [0.05, 0.1) is 7.11 Å². The van der Waals surface area contributed by atoms with Gasteiger partial charge in [0.15, 0.2) is 5.78 Å². The third kappa shape index (κ3) is 2.38. The number of halogens is 1. The van der Waals surface area contributed by atoms with E-state index in [-0.39, 0.29) is 17.1 Å². The molecule has 3 aromatic carbocycles. The topological polar surface area (TPSA) is 26.3 Å². The van der Waals surface area contributed by atoms with Crippen molar-refractivity contribution in [2.75, 3.05) is 7.11 Å². The number of carbonyl (C=O) groups is 1. The van der Waals surface area contributed by atoms with Gasteiger partial charge in [-0.2, -0.15) is 0 Å². The summed E-state index contributed by atoms with van der Waals surface area (Å²) >= 11 is 0. The summed E-state index contributed by atoms with van der Waals surface area (Å²) in [5, 5.41) is 1.98. The summed E-state index contributed by atoms with van der Waals surface area (Å²) in [4.78, 5) is 12.6. The van der Waals surface area contributed by atoms with Crippen LogP contribution in [0.25, 0.3) is 10.8 Å². The van der Waals surface area contributed by atoms with Gasteiger partial charge in [-0.3, -0.25) is 4.79 Å². The van der Waals surface area contributed by atoms with Crippen LogP contribution in [-0.2, 0) is 0 Å². The Morgan fingerprint density at radius 1 is 0.952 bits per heavy atom. The molecule has 0 saturated carbocycles. The zero-order chi connectivity index (χ0) is 14.8. The molecule has 0 unspecified atom stereocenters. The summed E-state index contributed by atoms with van der Waals surface area (Å²) in [5.74, 6) is -0.712. The van der Waals surface area contributed by atoms with Gasteiger partial charge in [-0.1, -0.05) is 42.5 Å². The predicted octanol–water partition coefficient (Wildman–Crippen LogP) is 4.22. The van der Waals surface area contributed by atoms with Crippen LogP contribution < -0.4 is 4.74 Å². The number of carbonyl (C=O) groups excluding carboxylic acids is 1. The lowest BCUT2D eigenvalue weighted by Crippen LogP contribution is -2.06. The zero-order valence-corrected chi connectivity index (χ0v) is 11.5. The van der Waals surface area contributed by atoms with Crippen LogP contribution in [0.4, 0.5) is 4.39 Å². The monoisotopic (exact) mass is 280 g/mol. The molecule has 21 heavy (non-hydrogen) atoms. The SMILES string of the molecule is COc1cccc(F)c1C(=O)c1ccc2ccccc2c1. The molecule has 0 saturated heterocycles. The van der Waals surface area contributed by atoms with Gasteiger partial charge in [0, 0.05) is 5.56 Å². The third-order valence-corrected chi connectivity index (χ3v) is 3.43. The van der Waals surface area contributed by atoms with Crippen molar-refractivity contribution in [3.8, 4) is 5.75 Å². The van der Waals surface area contributed by atoms with Crippen molar-refractivity contribution in [1.82, 2.24) is 0 Å². The van der Waals surface area contributed by atoms with Crippen molar-refractivity contribution in [2.45, 2.75) is 0 Å². The highest BCUT2D eigenvalue weighted by Crippen LogP contribution is 2.25. The smallest absolute Gasteiger partial charge is 0.199 e. The number of rotatable bonds is 3. The standard InChI is InChI=1S/C18H13FO2/c1-21-16-8-4-7-15(19)17(16)18(20)14-10-9-12-5-2-3-6-13(12)11-14/h2-11H,1H3. The van der Waals surface area contributed by atoms with Crippen LogP contribution in [0.5, 0.6) is 5.75 Å². The Morgan fingerprint density at radius 2 is 1.71 bits per heavy atom. The van der Waals surface area contributed by atoms with Crippen LogP contribution in [0.1, 0.15) is 15.9 Å². The van der Waals surface area contributed by atoms with Crippen molar-refractivity contribution < 1.29 is 13.9 Å². The Bertz CT molecular complexity index is 824. The summed E-state index contributed by atoms with van der Waals surface area (Å²) in [5.41, 5.74) is 0.410. The first-order valence-corrected chi connectivity index (χ1v) is 6.56. The number of methoxy groups -OCH3 is 1. The first-order chi connectivity index (χ1) is 10.2. The quantitative estimate of drug-likeness (QED) is 0.671. The molecule has 0 aliphatic rings. The lowest BCUT2D eigenvalue weighted by molar-refractivity contribution is 0.103. The van der Waals surface area contributed by atoms with E-state index >= 15 is 0 Å². The van der Waals surface area contributed by atoms with Gasteiger partial charge in [-0.15, -0.1) is 0 Å².